The molecule has 9 heteroatoms. The molecule has 0 amide bonds. The van der Waals surface area contributed by atoms with Crippen LogP contribution in [-0.4, -0.2) is 30.1 Å². The number of halogens is 2. The standard InChI is InChI=1S/C30H25F2N7/c1-16(2)10-17(3)35-22-11-20(14-33-15-22)19-12-23-27(24(32)13-19)38-39-28(23)30-36-25-8-9-34-26(29(25)37-30)18-4-6-21(31)7-5-18/h4-9,11-16,35H,3,10H2,1-2H3,(H,36,37)(H,38,39). The SMILES string of the molecule is C=C(CC(C)C)Nc1cncc(-c2cc(F)c3n[nH]c(-c4nc5c(-c6ccc(F)cc6)nccc5[nH]4)c3c2)c1. The molecule has 0 aliphatic rings. The molecule has 0 saturated carbocycles. The highest BCUT2D eigenvalue weighted by molar-refractivity contribution is 5.97. The van der Waals surface area contributed by atoms with Gasteiger partial charge in [0.15, 0.2) is 11.6 Å². The molecule has 0 bridgehead atoms. The Balaban J connectivity index is 1.41. The van der Waals surface area contributed by atoms with Gasteiger partial charge >= 0.3 is 0 Å². The van der Waals surface area contributed by atoms with Crippen molar-refractivity contribution in [2.45, 2.75) is 20.3 Å². The second-order valence-corrected chi connectivity index (χ2v) is 9.89. The van der Waals surface area contributed by atoms with Crippen molar-refractivity contribution in [1.82, 2.24) is 30.1 Å². The predicted molar refractivity (Wildman–Crippen MR) is 150 cm³/mol. The summed E-state index contributed by atoms with van der Waals surface area (Å²) in [5.74, 6) is 0.168. The van der Waals surface area contributed by atoms with Crippen molar-refractivity contribution in [3.05, 3.63) is 91.0 Å². The van der Waals surface area contributed by atoms with E-state index in [-0.39, 0.29) is 11.3 Å². The van der Waals surface area contributed by atoms with Gasteiger partial charge in [0.2, 0.25) is 0 Å². The molecule has 4 heterocycles. The van der Waals surface area contributed by atoms with Gasteiger partial charge in [0.25, 0.3) is 0 Å². The topological polar surface area (TPSA) is 95.2 Å². The number of benzene rings is 2. The van der Waals surface area contributed by atoms with Gasteiger partial charge in [-0.3, -0.25) is 15.1 Å². The molecule has 3 N–H and O–H groups in total. The lowest BCUT2D eigenvalue weighted by molar-refractivity contribution is 0.628. The molecule has 4 aromatic heterocycles. The second-order valence-electron chi connectivity index (χ2n) is 9.89. The molecule has 0 unspecified atom stereocenters. The van der Waals surface area contributed by atoms with Crippen LogP contribution in [0.1, 0.15) is 20.3 Å². The number of hydrogen-bond acceptors (Lipinski definition) is 5. The quantitative estimate of drug-likeness (QED) is 0.202. The molecule has 0 saturated heterocycles. The van der Waals surface area contributed by atoms with Crippen LogP contribution in [0.25, 0.3) is 55.8 Å². The summed E-state index contributed by atoms with van der Waals surface area (Å²) in [6.07, 6.45) is 5.90. The summed E-state index contributed by atoms with van der Waals surface area (Å²) in [5, 5.41) is 11.0. The number of fused-ring (bicyclic) bond motifs is 2. The average Bonchev–Trinajstić information content (AvgIpc) is 3.53. The van der Waals surface area contributed by atoms with Crippen molar-refractivity contribution in [2.75, 3.05) is 5.32 Å². The van der Waals surface area contributed by atoms with Crippen molar-refractivity contribution in [3.8, 4) is 33.9 Å². The first-order valence-electron chi connectivity index (χ1n) is 12.5. The summed E-state index contributed by atoms with van der Waals surface area (Å²) in [7, 11) is 0. The largest absolute Gasteiger partial charge is 0.358 e. The Hall–Kier alpha value is -4.92. The van der Waals surface area contributed by atoms with E-state index < -0.39 is 5.82 Å². The maximum absolute atomic E-state index is 15.2. The van der Waals surface area contributed by atoms with E-state index in [1.54, 1.807) is 36.8 Å². The molecule has 6 aromatic rings. The summed E-state index contributed by atoms with van der Waals surface area (Å²) < 4.78 is 28.7. The van der Waals surface area contributed by atoms with Crippen molar-refractivity contribution in [2.24, 2.45) is 5.92 Å². The Morgan fingerprint density at radius 1 is 0.974 bits per heavy atom. The third-order valence-electron chi connectivity index (χ3n) is 6.41. The van der Waals surface area contributed by atoms with Crippen molar-refractivity contribution in [1.29, 1.82) is 0 Å². The number of hydrogen-bond donors (Lipinski definition) is 3. The summed E-state index contributed by atoms with van der Waals surface area (Å²) in [6, 6.07) is 13.1. The molecule has 0 aliphatic carbocycles. The first-order valence-corrected chi connectivity index (χ1v) is 12.5. The fraction of sp³-hybridized carbons (Fsp3) is 0.133. The van der Waals surface area contributed by atoms with E-state index in [1.807, 2.05) is 12.1 Å². The Labute approximate surface area is 223 Å². The van der Waals surface area contributed by atoms with E-state index in [4.69, 9.17) is 4.98 Å². The molecular formula is C30H25F2N7. The summed E-state index contributed by atoms with van der Waals surface area (Å²) in [4.78, 5) is 16.9. The van der Waals surface area contributed by atoms with Gasteiger partial charge in [-0.25, -0.2) is 13.8 Å². The van der Waals surface area contributed by atoms with E-state index in [2.05, 4.69) is 50.9 Å². The molecule has 0 aliphatic heterocycles. The monoisotopic (exact) mass is 521 g/mol. The first kappa shape index (κ1) is 24.4. The van der Waals surface area contributed by atoms with Crippen LogP contribution in [0.2, 0.25) is 0 Å². The van der Waals surface area contributed by atoms with Crippen LogP contribution in [0, 0.1) is 17.6 Å². The van der Waals surface area contributed by atoms with E-state index in [0.29, 0.717) is 39.6 Å². The number of rotatable bonds is 7. The lowest BCUT2D eigenvalue weighted by Crippen LogP contribution is -2.02. The molecule has 6 rings (SSSR count). The number of aromatic amines is 2. The predicted octanol–water partition coefficient (Wildman–Crippen LogP) is 7.48. The molecule has 0 spiro atoms. The number of nitrogens with one attached hydrogen (secondary N) is 3. The van der Waals surface area contributed by atoms with E-state index in [0.717, 1.165) is 34.4 Å². The highest BCUT2D eigenvalue weighted by Crippen LogP contribution is 2.34. The van der Waals surface area contributed by atoms with Crippen LogP contribution in [-0.2, 0) is 0 Å². The van der Waals surface area contributed by atoms with E-state index in [1.165, 1.54) is 18.2 Å². The van der Waals surface area contributed by atoms with Crippen LogP contribution in [0.4, 0.5) is 14.5 Å². The Bertz CT molecular complexity index is 1830. The minimum absolute atomic E-state index is 0.207. The van der Waals surface area contributed by atoms with Crippen molar-refractivity contribution < 1.29 is 8.78 Å². The molecule has 194 valence electrons. The Morgan fingerprint density at radius 2 is 1.79 bits per heavy atom. The third-order valence-corrected chi connectivity index (χ3v) is 6.41. The van der Waals surface area contributed by atoms with Crippen LogP contribution >= 0.6 is 0 Å². The first-order chi connectivity index (χ1) is 18.9. The van der Waals surface area contributed by atoms with Gasteiger partial charge in [0.05, 0.1) is 23.1 Å². The van der Waals surface area contributed by atoms with Crippen LogP contribution in [0.3, 0.4) is 0 Å². The van der Waals surface area contributed by atoms with Gasteiger partial charge in [-0.2, -0.15) is 5.10 Å². The lowest BCUT2D eigenvalue weighted by Gasteiger charge is -2.12. The molecule has 0 radical (unpaired) electrons. The van der Waals surface area contributed by atoms with Gasteiger partial charge in [0, 0.05) is 34.6 Å². The molecule has 2 aromatic carbocycles. The van der Waals surface area contributed by atoms with Gasteiger partial charge in [-0.1, -0.05) is 20.4 Å². The van der Waals surface area contributed by atoms with Crippen molar-refractivity contribution >= 4 is 27.6 Å². The maximum Gasteiger partial charge on any atom is 0.157 e. The lowest BCUT2D eigenvalue weighted by atomic mass is 10.0. The van der Waals surface area contributed by atoms with Crippen molar-refractivity contribution in [3.63, 3.8) is 0 Å². The van der Waals surface area contributed by atoms with Crippen LogP contribution < -0.4 is 5.32 Å². The smallest absolute Gasteiger partial charge is 0.157 e. The fourth-order valence-electron chi connectivity index (χ4n) is 4.71. The summed E-state index contributed by atoms with van der Waals surface area (Å²) in [6.45, 7) is 8.35. The molecule has 0 fully saturated rings. The van der Waals surface area contributed by atoms with Gasteiger partial charge in [-0.15, -0.1) is 0 Å². The average molecular weight is 522 g/mol. The number of pyridine rings is 2. The third kappa shape index (κ3) is 4.74. The zero-order valence-electron chi connectivity index (χ0n) is 21.4. The van der Waals surface area contributed by atoms with E-state index >= 15 is 4.39 Å². The number of H-pyrrole nitrogens is 2. The Morgan fingerprint density at radius 3 is 2.59 bits per heavy atom. The zero-order chi connectivity index (χ0) is 27.1. The maximum atomic E-state index is 15.2. The minimum Gasteiger partial charge on any atom is -0.358 e. The zero-order valence-corrected chi connectivity index (χ0v) is 21.4. The highest BCUT2D eigenvalue weighted by atomic mass is 19.1. The van der Waals surface area contributed by atoms with Crippen LogP contribution in [0.15, 0.2) is 79.4 Å². The highest BCUT2D eigenvalue weighted by Gasteiger charge is 2.18. The van der Waals surface area contributed by atoms with Gasteiger partial charge < -0.3 is 10.3 Å². The number of aromatic nitrogens is 6. The van der Waals surface area contributed by atoms with Crippen LogP contribution in [0.5, 0.6) is 0 Å². The number of imidazole rings is 1. The second kappa shape index (κ2) is 9.75. The number of allylic oxidation sites excluding steroid dienone is 1. The van der Waals surface area contributed by atoms with E-state index in [9.17, 15) is 4.39 Å². The molecule has 39 heavy (non-hydrogen) atoms. The fourth-order valence-corrected chi connectivity index (χ4v) is 4.71. The summed E-state index contributed by atoms with van der Waals surface area (Å²) >= 11 is 0. The Kier molecular flexibility index (Phi) is 6.11. The normalized spacial score (nSPS) is 11.5. The van der Waals surface area contributed by atoms with Gasteiger partial charge in [-0.05, 0) is 66.4 Å². The molecule has 0 atom stereocenters. The minimum atomic E-state index is -0.461. The molecular weight excluding hydrogens is 496 g/mol. The van der Waals surface area contributed by atoms with Gasteiger partial charge in [0.1, 0.15) is 22.5 Å². The summed E-state index contributed by atoms with van der Waals surface area (Å²) in [5.41, 5.74) is 6.52. The molecule has 7 nitrogen and oxygen atoms in total. The number of nitrogens with zero attached hydrogens (tertiary/aromatic N) is 4. The number of anilines is 1.